The Kier molecular flexibility index (Phi) is 5.42. The molecule has 0 aliphatic heterocycles. The summed E-state index contributed by atoms with van der Waals surface area (Å²) in [6.07, 6.45) is 2.21. The van der Waals surface area contributed by atoms with Crippen molar-refractivity contribution >= 4 is 27.8 Å². The van der Waals surface area contributed by atoms with Crippen molar-refractivity contribution in [3.8, 4) is 0 Å². The molecule has 0 saturated heterocycles. The molecule has 160 valence electrons. The Bertz CT molecular complexity index is 1380. The minimum absolute atomic E-state index is 0.0142. The van der Waals surface area contributed by atoms with Crippen molar-refractivity contribution in [3.05, 3.63) is 95.9 Å². The number of rotatable bonds is 7. The Morgan fingerprint density at radius 3 is 2.66 bits per heavy atom. The summed E-state index contributed by atoms with van der Waals surface area (Å²) >= 11 is 0. The molecule has 0 spiro atoms. The van der Waals surface area contributed by atoms with Crippen molar-refractivity contribution in [2.75, 3.05) is 0 Å². The van der Waals surface area contributed by atoms with E-state index in [1.165, 1.54) is 11.1 Å². The molecule has 0 radical (unpaired) electrons. The summed E-state index contributed by atoms with van der Waals surface area (Å²) in [5, 5.41) is 8.57. The lowest BCUT2D eigenvalue weighted by molar-refractivity contribution is -0.121. The summed E-state index contributed by atoms with van der Waals surface area (Å²) in [5.41, 5.74) is 5.44. The summed E-state index contributed by atoms with van der Waals surface area (Å²) in [4.78, 5) is 17.4. The number of amides is 1. The zero-order chi connectivity index (χ0) is 21.9. The van der Waals surface area contributed by atoms with Crippen molar-refractivity contribution in [2.45, 2.75) is 33.0 Å². The van der Waals surface area contributed by atoms with Crippen LogP contribution in [0.15, 0.2) is 79.0 Å². The van der Waals surface area contributed by atoms with Crippen LogP contribution in [0.25, 0.3) is 21.9 Å². The standard InChI is InChI=1S/C26H25N5O/c1-19-11-12-21-16-28-31(24(21)15-19)14-13-26(32)27-17-25-29-22-9-5-6-10-23(22)30(25)18-20-7-3-2-4-8-20/h2-12,15-16H,13-14,17-18H2,1H3,(H,27,32). The third kappa shape index (κ3) is 4.12. The van der Waals surface area contributed by atoms with E-state index in [9.17, 15) is 4.79 Å². The average molecular weight is 424 g/mol. The molecule has 0 fully saturated rings. The van der Waals surface area contributed by atoms with Crippen molar-refractivity contribution in [1.82, 2.24) is 24.6 Å². The Morgan fingerprint density at radius 1 is 0.969 bits per heavy atom. The first-order chi connectivity index (χ1) is 15.7. The summed E-state index contributed by atoms with van der Waals surface area (Å²) in [5.74, 6) is 0.836. The minimum Gasteiger partial charge on any atom is -0.349 e. The first-order valence-corrected chi connectivity index (χ1v) is 10.8. The predicted octanol–water partition coefficient (Wildman–Crippen LogP) is 4.45. The van der Waals surface area contributed by atoms with E-state index in [2.05, 4.69) is 58.3 Å². The van der Waals surface area contributed by atoms with E-state index in [1.807, 2.05) is 47.3 Å². The van der Waals surface area contributed by atoms with Gasteiger partial charge in [-0.1, -0.05) is 54.6 Å². The van der Waals surface area contributed by atoms with Crippen molar-refractivity contribution in [1.29, 1.82) is 0 Å². The number of aryl methyl sites for hydroxylation is 2. The Morgan fingerprint density at radius 2 is 1.78 bits per heavy atom. The van der Waals surface area contributed by atoms with E-state index in [-0.39, 0.29) is 5.91 Å². The first-order valence-electron chi connectivity index (χ1n) is 10.8. The molecular formula is C26H25N5O. The zero-order valence-electron chi connectivity index (χ0n) is 18.0. The van der Waals surface area contributed by atoms with E-state index in [0.29, 0.717) is 26.1 Å². The fourth-order valence-electron chi connectivity index (χ4n) is 4.03. The number of imidazole rings is 1. The van der Waals surface area contributed by atoms with Gasteiger partial charge in [-0.05, 0) is 36.2 Å². The number of para-hydroxylation sites is 2. The van der Waals surface area contributed by atoms with Crippen molar-refractivity contribution in [2.24, 2.45) is 0 Å². The zero-order valence-corrected chi connectivity index (χ0v) is 18.0. The molecule has 6 heteroatoms. The van der Waals surface area contributed by atoms with E-state index in [1.54, 1.807) is 0 Å². The number of hydrogen-bond acceptors (Lipinski definition) is 3. The summed E-state index contributed by atoms with van der Waals surface area (Å²) in [6.45, 7) is 3.70. The van der Waals surface area contributed by atoms with Gasteiger partial charge in [-0.15, -0.1) is 0 Å². The molecule has 3 aromatic carbocycles. The van der Waals surface area contributed by atoms with Crippen molar-refractivity contribution in [3.63, 3.8) is 0 Å². The SMILES string of the molecule is Cc1ccc2cnn(CCC(=O)NCc3nc4ccccc4n3Cc3ccccc3)c2c1. The molecule has 2 heterocycles. The highest BCUT2D eigenvalue weighted by Gasteiger charge is 2.13. The van der Waals surface area contributed by atoms with E-state index < -0.39 is 0 Å². The van der Waals surface area contributed by atoms with Crippen LogP contribution in [0, 0.1) is 6.92 Å². The number of nitrogens with one attached hydrogen (secondary N) is 1. The van der Waals surface area contributed by atoms with Gasteiger partial charge in [0.1, 0.15) is 5.82 Å². The molecular weight excluding hydrogens is 398 g/mol. The van der Waals surface area contributed by atoms with Crippen LogP contribution < -0.4 is 5.32 Å². The number of fused-ring (bicyclic) bond motifs is 2. The quantitative estimate of drug-likeness (QED) is 0.421. The summed E-state index contributed by atoms with van der Waals surface area (Å²) < 4.78 is 4.07. The van der Waals surface area contributed by atoms with Gasteiger partial charge in [0.15, 0.2) is 0 Å². The minimum atomic E-state index is -0.0142. The van der Waals surface area contributed by atoms with Crippen LogP contribution in [-0.4, -0.2) is 25.2 Å². The van der Waals surface area contributed by atoms with Crippen molar-refractivity contribution < 1.29 is 4.79 Å². The number of carbonyl (C=O) groups excluding carboxylic acids is 1. The molecule has 0 saturated carbocycles. The van der Waals surface area contributed by atoms with Gasteiger partial charge in [-0.3, -0.25) is 9.48 Å². The molecule has 2 aromatic heterocycles. The van der Waals surface area contributed by atoms with Gasteiger partial charge in [0.05, 0.1) is 35.8 Å². The van der Waals surface area contributed by atoms with Crippen LogP contribution in [-0.2, 0) is 24.4 Å². The highest BCUT2D eigenvalue weighted by molar-refractivity contribution is 5.80. The van der Waals surface area contributed by atoms with Gasteiger partial charge < -0.3 is 9.88 Å². The molecule has 6 nitrogen and oxygen atoms in total. The second-order valence-electron chi connectivity index (χ2n) is 8.05. The smallest absolute Gasteiger partial charge is 0.222 e. The van der Waals surface area contributed by atoms with Crippen LogP contribution >= 0.6 is 0 Å². The van der Waals surface area contributed by atoms with Gasteiger partial charge in [0.25, 0.3) is 0 Å². The Hall–Kier alpha value is -3.93. The number of benzene rings is 3. The average Bonchev–Trinajstić information content (AvgIpc) is 3.38. The van der Waals surface area contributed by atoms with Gasteiger partial charge in [0, 0.05) is 18.4 Å². The maximum atomic E-state index is 12.6. The molecule has 0 atom stereocenters. The molecule has 0 aliphatic carbocycles. The normalized spacial score (nSPS) is 11.3. The van der Waals surface area contributed by atoms with Gasteiger partial charge in [-0.25, -0.2) is 4.98 Å². The third-order valence-corrected chi connectivity index (χ3v) is 5.71. The van der Waals surface area contributed by atoms with E-state index in [0.717, 1.165) is 27.8 Å². The van der Waals surface area contributed by atoms with Crippen LogP contribution in [0.1, 0.15) is 23.4 Å². The van der Waals surface area contributed by atoms with Crippen LogP contribution in [0.2, 0.25) is 0 Å². The highest BCUT2D eigenvalue weighted by Crippen LogP contribution is 2.18. The molecule has 0 aliphatic rings. The molecule has 1 N–H and O–H groups in total. The first kappa shape index (κ1) is 20.0. The second kappa shape index (κ2) is 8.67. The summed E-state index contributed by atoms with van der Waals surface area (Å²) in [7, 11) is 0. The lowest BCUT2D eigenvalue weighted by atomic mass is 10.2. The Labute approximate surface area is 186 Å². The Balaban J connectivity index is 1.28. The number of carbonyl (C=O) groups is 1. The maximum Gasteiger partial charge on any atom is 0.222 e. The maximum absolute atomic E-state index is 12.6. The number of aromatic nitrogens is 4. The molecule has 5 rings (SSSR count). The molecule has 1 amide bonds. The van der Waals surface area contributed by atoms with Gasteiger partial charge in [-0.2, -0.15) is 5.10 Å². The van der Waals surface area contributed by atoms with Crippen LogP contribution in [0.3, 0.4) is 0 Å². The van der Waals surface area contributed by atoms with Gasteiger partial charge in [0.2, 0.25) is 5.91 Å². The third-order valence-electron chi connectivity index (χ3n) is 5.71. The van der Waals surface area contributed by atoms with Crippen LogP contribution in [0.5, 0.6) is 0 Å². The highest BCUT2D eigenvalue weighted by atomic mass is 16.1. The fourth-order valence-corrected chi connectivity index (χ4v) is 4.03. The van der Waals surface area contributed by atoms with Gasteiger partial charge >= 0.3 is 0 Å². The molecule has 32 heavy (non-hydrogen) atoms. The van der Waals surface area contributed by atoms with E-state index >= 15 is 0 Å². The molecule has 0 bridgehead atoms. The lowest BCUT2D eigenvalue weighted by Crippen LogP contribution is -2.26. The molecule has 0 unspecified atom stereocenters. The number of hydrogen-bond donors (Lipinski definition) is 1. The fraction of sp³-hybridized carbons (Fsp3) is 0.192. The number of nitrogens with zero attached hydrogens (tertiary/aromatic N) is 4. The topological polar surface area (TPSA) is 64.7 Å². The predicted molar refractivity (Wildman–Crippen MR) is 126 cm³/mol. The lowest BCUT2D eigenvalue weighted by Gasteiger charge is -2.11. The monoisotopic (exact) mass is 423 g/mol. The van der Waals surface area contributed by atoms with E-state index in [4.69, 9.17) is 4.98 Å². The van der Waals surface area contributed by atoms with Crippen LogP contribution in [0.4, 0.5) is 0 Å². The largest absolute Gasteiger partial charge is 0.349 e. The summed E-state index contributed by atoms with van der Waals surface area (Å²) in [6, 6.07) is 24.6. The molecule has 5 aromatic rings. The second-order valence-corrected chi connectivity index (χ2v) is 8.05.